The van der Waals surface area contributed by atoms with Gasteiger partial charge in [-0.3, -0.25) is 9.69 Å². The van der Waals surface area contributed by atoms with Gasteiger partial charge in [0.2, 0.25) is 10.0 Å². The van der Waals surface area contributed by atoms with Gasteiger partial charge in [-0.05, 0) is 95.2 Å². The number of hydrogen-bond donors (Lipinski definition) is 0. The third-order valence-electron chi connectivity index (χ3n) is 6.34. The summed E-state index contributed by atoms with van der Waals surface area (Å²) >= 11 is 1.51. The highest BCUT2D eigenvalue weighted by atomic mass is 32.2. The van der Waals surface area contributed by atoms with Crippen molar-refractivity contribution < 1.29 is 13.2 Å². The lowest BCUT2D eigenvalue weighted by atomic mass is 10.1. The highest BCUT2D eigenvalue weighted by Gasteiger charge is 2.28. The van der Waals surface area contributed by atoms with Gasteiger partial charge >= 0.3 is 0 Å². The van der Waals surface area contributed by atoms with Crippen LogP contribution in [0.3, 0.4) is 0 Å². The highest BCUT2D eigenvalue weighted by molar-refractivity contribution is 7.89. The van der Waals surface area contributed by atoms with Crippen LogP contribution < -0.4 is 4.90 Å². The van der Waals surface area contributed by atoms with E-state index in [2.05, 4.69) is 30.9 Å². The number of thiazole rings is 1. The first-order chi connectivity index (χ1) is 16.2. The van der Waals surface area contributed by atoms with Gasteiger partial charge < -0.3 is 4.90 Å². The summed E-state index contributed by atoms with van der Waals surface area (Å²) in [5.74, 6) is -0.169. The van der Waals surface area contributed by atoms with Gasteiger partial charge in [-0.25, -0.2) is 13.4 Å². The number of aryl methyl sites for hydroxylation is 2. The number of sulfonamides is 1. The molecular weight excluding hydrogens is 468 g/mol. The Morgan fingerprint density at radius 3 is 2.35 bits per heavy atom. The molecule has 1 saturated heterocycles. The molecule has 2 heterocycles. The standard InChI is InChI=1S/C25H32N4O3S2/c1-18-8-13-22-23(19(18)2)26-25(33-22)29(17-7-14-27(3)4)24(30)20-9-11-21(12-10-20)34(31,32)28-15-5-6-16-28/h8-13H,5-7,14-17H2,1-4H3. The van der Waals surface area contributed by atoms with E-state index in [1.54, 1.807) is 29.2 Å². The van der Waals surface area contributed by atoms with Crippen molar-refractivity contribution in [1.82, 2.24) is 14.2 Å². The van der Waals surface area contributed by atoms with E-state index in [4.69, 9.17) is 4.98 Å². The lowest BCUT2D eigenvalue weighted by molar-refractivity contribution is 0.0986. The van der Waals surface area contributed by atoms with Crippen LogP contribution in [0, 0.1) is 13.8 Å². The molecule has 3 aromatic rings. The van der Waals surface area contributed by atoms with Crippen LogP contribution in [0.4, 0.5) is 5.13 Å². The summed E-state index contributed by atoms with van der Waals surface area (Å²) in [5.41, 5.74) is 3.68. The lowest BCUT2D eigenvalue weighted by Crippen LogP contribution is -2.33. The number of carbonyl (C=O) groups is 1. The Labute approximate surface area is 206 Å². The molecule has 0 saturated carbocycles. The molecule has 0 atom stereocenters. The maximum atomic E-state index is 13.6. The smallest absolute Gasteiger partial charge is 0.260 e. The Morgan fingerprint density at radius 1 is 1.03 bits per heavy atom. The van der Waals surface area contributed by atoms with Gasteiger partial charge in [0.1, 0.15) is 0 Å². The summed E-state index contributed by atoms with van der Waals surface area (Å²) in [6.45, 7) is 6.60. The van der Waals surface area contributed by atoms with Crippen LogP contribution in [0.5, 0.6) is 0 Å². The molecule has 1 aliphatic rings. The van der Waals surface area contributed by atoms with Crippen molar-refractivity contribution in [3.05, 3.63) is 53.1 Å². The summed E-state index contributed by atoms with van der Waals surface area (Å²) in [6, 6.07) is 10.5. The van der Waals surface area contributed by atoms with Crippen molar-refractivity contribution in [2.75, 3.05) is 45.2 Å². The Morgan fingerprint density at radius 2 is 1.71 bits per heavy atom. The molecule has 1 aromatic heterocycles. The minimum absolute atomic E-state index is 0.169. The van der Waals surface area contributed by atoms with Crippen LogP contribution in [0.25, 0.3) is 10.2 Å². The maximum Gasteiger partial charge on any atom is 0.260 e. The number of nitrogens with zero attached hydrogens (tertiary/aromatic N) is 4. The summed E-state index contributed by atoms with van der Waals surface area (Å²) in [5, 5.41) is 0.668. The summed E-state index contributed by atoms with van der Waals surface area (Å²) < 4.78 is 28.3. The summed E-state index contributed by atoms with van der Waals surface area (Å²) in [7, 11) is 0.508. The van der Waals surface area contributed by atoms with Gasteiger partial charge in [0.05, 0.1) is 15.1 Å². The van der Waals surface area contributed by atoms with Gasteiger partial charge in [-0.1, -0.05) is 17.4 Å². The topological polar surface area (TPSA) is 73.8 Å². The van der Waals surface area contributed by atoms with Crippen LogP contribution in [0.15, 0.2) is 41.3 Å². The van der Waals surface area contributed by atoms with E-state index in [-0.39, 0.29) is 10.8 Å². The molecule has 0 unspecified atom stereocenters. The van der Waals surface area contributed by atoms with E-state index in [1.807, 2.05) is 14.1 Å². The zero-order chi connectivity index (χ0) is 24.5. The minimum Gasteiger partial charge on any atom is -0.309 e. The Balaban J connectivity index is 1.63. The normalized spacial score (nSPS) is 14.9. The molecule has 9 heteroatoms. The zero-order valence-electron chi connectivity index (χ0n) is 20.2. The van der Waals surface area contributed by atoms with Gasteiger partial charge in [0, 0.05) is 25.2 Å². The monoisotopic (exact) mass is 500 g/mol. The molecule has 7 nitrogen and oxygen atoms in total. The van der Waals surface area contributed by atoms with E-state index in [1.165, 1.54) is 21.2 Å². The van der Waals surface area contributed by atoms with Crippen molar-refractivity contribution in [2.45, 2.75) is 38.0 Å². The first kappa shape index (κ1) is 24.8. The summed E-state index contributed by atoms with van der Waals surface area (Å²) in [6.07, 6.45) is 2.58. The van der Waals surface area contributed by atoms with Crippen LogP contribution in [-0.2, 0) is 10.0 Å². The van der Waals surface area contributed by atoms with E-state index >= 15 is 0 Å². The van der Waals surface area contributed by atoms with Gasteiger partial charge in [0.25, 0.3) is 5.91 Å². The predicted octanol–water partition coefficient (Wildman–Crippen LogP) is 4.30. The molecule has 0 spiro atoms. The second kappa shape index (κ2) is 10.1. The number of benzene rings is 2. The zero-order valence-corrected chi connectivity index (χ0v) is 21.9. The van der Waals surface area contributed by atoms with Crippen molar-refractivity contribution in [3.63, 3.8) is 0 Å². The molecule has 0 radical (unpaired) electrons. The number of amides is 1. The van der Waals surface area contributed by atoms with Crippen molar-refractivity contribution in [2.24, 2.45) is 0 Å². The molecule has 1 aliphatic heterocycles. The molecule has 182 valence electrons. The predicted molar refractivity (Wildman–Crippen MR) is 138 cm³/mol. The van der Waals surface area contributed by atoms with E-state index in [0.29, 0.717) is 30.3 Å². The average Bonchev–Trinajstić information content (AvgIpc) is 3.50. The second-order valence-electron chi connectivity index (χ2n) is 9.10. The molecule has 0 bridgehead atoms. The van der Waals surface area contributed by atoms with Crippen LogP contribution >= 0.6 is 11.3 Å². The average molecular weight is 501 g/mol. The third-order valence-corrected chi connectivity index (χ3v) is 9.30. The fourth-order valence-electron chi connectivity index (χ4n) is 4.16. The molecule has 1 fully saturated rings. The Hall–Kier alpha value is -2.33. The van der Waals surface area contributed by atoms with Crippen molar-refractivity contribution in [3.8, 4) is 0 Å². The Kier molecular flexibility index (Phi) is 7.37. The van der Waals surface area contributed by atoms with Gasteiger partial charge in [-0.2, -0.15) is 4.31 Å². The largest absolute Gasteiger partial charge is 0.309 e. The fourth-order valence-corrected chi connectivity index (χ4v) is 6.73. The first-order valence-corrected chi connectivity index (χ1v) is 13.9. The van der Waals surface area contributed by atoms with Gasteiger partial charge in [0.15, 0.2) is 5.13 Å². The molecule has 4 rings (SSSR count). The number of anilines is 1. The van der Waals surface area contributed by atoms with Crippen LogP contribution in [-0.4, -0.2) is 68.8 Å². The SMILES string of the molecule is Cc1ccc2sc(N(CCCN(C)C)C(=O)c3ccc(S(=O)(=O)N4CCCC4)cc3)nc2c1C. The van der Waals surface area contributed by atoms with E-state index in [9.17, 15) is 13.2 Å². The highest BCUT2D eigenvalue weighted by Crippen LogP contribution is 2.33. The fraction of sp³-hybridized carbons (Fsp3) is 0.440. The Bertz CT molecular complexity index is 1280. The third kappa shape index (κ3) is 5.02. The van der Waals surface area contributed by atoms with E-state index < -0.39 is 10.0 Å². The molecule has 0 N–H and O–H groups in total. The molecule has 1 amide bonds. The minimum atomic E-state index is -3.51. The number of hydrogen-bond acceptors (Lipinski definition) is 6. The lowest BCUT2D eigenvalue weighted by Gasteiger charge is -2.21. The maximum absolute atomic E-state index is 13.6. The quantitative estimate of drug-likeness (QED) is 0.461. The van der Waals surface area contributed by atoms with E-state index in [0.717, 1.165) is 41.6 Å². The molecule has 2 aromatic carbocycles. The number of fused-ring (bicyclic) bond motifs is 1. The van der Waals surface area contributed by atoms with Crippen LogP contribution in [0.1, 0.15) is 40.7 Å². The van der Waals surface area contributed by atoms with Crippen molar-refractivity contribution >= 4 is 42.6 Å². The number of aromatic nitrogens is 1. The number of rotatable bonds is 8. The molecule has 0 aliphatic carbocycles. The summed E-state index contributed by atoms with van der Waals surface area (Å²) in [4.78, 5) is 22.5. The van der Waals surface area contributed by atoms with Gasteiger partial charge in [-0.15, -0.1) is 0 Å². The molecular formula is C25H32N4O3S2. The second-order valence-corrected chi connectivity index (χ2v) is 12.0. The van der Waals surface area contributed by atoms with Crippen molar-refractivity contribution in [1.29, 1.82) is 0 Å². The van der Waals surface area contributed by atoms with Crippen LogP contribution in [0.2, 0.25) is 0 Å². The molecule has 34 heavy (non-hydrogen) atoms. The first-order valence-electron chi connectivity index (χ1n) is 11.6. The number of carbonyl (C=O) groups excluding carboxylic acids is 1.